The first-order valence-corrected chi connectivity index (χ1v) is 7.87. The molecule has 0 amide bonds. The first-order chi connectivity index (χ1) is 9.22. The molecule has 0 spiro atoms. The molecule has 0 radical (unpaired) electrons. The molecule has 1 aromatic rings. The van der Waals surface area contributed by atoms with Crippen LogP contribution in [0.15, 0.2) is 18.2 Å². The number of nitrogens with two attached hydrogens (primary N) is 1. The predicted octanol–water partition coefficient (Wildman–Crippen LogP) is 3.87. The molecule has 1 aromatic carbocycles. The van der Waals surface area contributed by atoms with Crippen molar-refractivity contribution < 1.29 is 0 Å². The second-order valence-corrected chi connectivity index (χ2v) is 6.50. The van der Waals surface area contributed by atoms with E-state index in [1.807, 2.05) is 18.2 Å². The van der Waals surface area contributed by atoms with E-state index in [2.05, 4.69) is 4.90 Å². The second-order valence-electron chi connectivity index (χ2n) is 5.69. The average molecular weight is 299 g/mol. The van der Waals surface area contributed by atoms with Gasteiger partial charge in [-0.1, -0.05) is 29.3 Å². The summed E-state index contributed by atoms with van der Waals surface area (Å²) in [6.45, 7) is 1.85. The van der Waals surface area contributed by atoms with Gasteiger partial charge in [-0.25, -0.2) is 0 Å². The highest BCUT2D eigenvalue weighted by Gasteiger charge is 2.41. The maximum Gasteiger partial charge on any atom is 0.0468 e. The molecule has 104 valence electrons. The van der Waals surface area contributed by atoms with Crippen molar-refractivity contribution in [3.05, 3.63) is 33.8 Å². The number of nitrogens with zero attached hydrogens (tertiary/aromatic N) is 1. The molecule has 4 heteroatoms. The number of halogens is 2. The molecule has 19 heavy (non-hydrogen) atoms. The van der Waals surface area contributed by atoms with Gasteiger partial charge in [-0.05, 0) is 56.8 Å². The Bertz CT molecular complexity index is 439. The van der Waals surface area contributed by atoms with Crippen LogP contribution in [0.4, 0.5) is 0 Å². The largest absolute Gasteiger partial charge is 0.330 e. The fraction of sp³-hybridized carbons (Fsp3) is 0.600. The quantitative estimate of drug-likeness (QED) is 0.918. The van der Waals surface area contributed by atoms with Gasteiger partial charge in [0.1, 0.15) is 0 Å². The summed E-state index contributed by atoms with van der Waals surface area (Å²) in [7, 11) is 0. The summed E-state index contributed by atoms with van der Waals surface area (Å²) >= 11 is 12.8. The first-order valence-electron chi connectivity index (χ1n) is 7.12. The molecule has 1 saturated heterocycles. The van der Waals surface area contributed by atoms with Crippen molar-refractivity contribution in [3.63, 3.8) is 0 Å². The van der Waals surface area contributed by atoms with Gasteiger partial charge in [0.15, 0.2) is 0 Å². The minimum atomic E-state index is 0.299. The van der Waals surface area contributed by atoms with E-state index >= 15 is 0 Å². The zero-order valence-electron chi connectivity index (χ0n) is 11.0. The van der Waals surface area contributed by atoms with Gasteiger partial charge >= 0.3 is 0 Å². The van der Waals surface area contributed by atoms with Crippen LogP contribution >= 0.6 is 23.2 Å². The Morgan fingerprint density at radius 3 is 2.42 bits per heavy atom. The summed E-state index contributed by atoms with van der Waals surface area (Å²) in [4.78, 5) is 2.59. The van der Waals surface area contributed by atoms with Crippen molar-refractivity contribution in [1.82, 2.24) is 4.90 Å². The summed E-state index contributed by atoms with van der Waals surface area (Å²) in [5.41, 5.74) is 7.09. The van der Waals surface area contributed by atoms with Crippen LogP contribution in [0.1, 0.15) is 37.3 Å². The Morgan fingerprint density at radius 1 is 1.16 bits per heavy atom. The van der Waals surface area contributed by atoms with Gasteiger partial charge in [0.05, 0.1) is 0 Å². The molecule has 2 N–H and O–H groups in total. The van der Waals surface area contributed by atoms with Gasteiger partial charge in [-0.15, -0.1) is 0 Å². The molecule has 0 aromatic heterocycles. The summed E-state index contributed by atoms with van der Waals surface area (Å²) in [6.07, 6.45) is 5.01. The lowest BCUT2D eigenvalue weighted by Crippen LogP contribution is -2.43. The van der Waals surface area contributed by atoms with Crippen LogP contribution in [0.5, 0.6) is 0 Å². The van der Waals surface area contributed by atoms with Crippen LogP contribution < -0.4 is 5.73 Å². The number of hydrogen-bond acceptors (Lipinski definition) is 2. The zero-order chi connectivity index (χ0) is 13.4. The molecular weight excluding hydrogens is 279 g/mol. The van der Waals surface area contributed by atoms with E-state index in [1.165, 1.54) is 25.7 Å². The molecule has 2 unspecified atom stereocenters. The molecule has 2 fully saturated rings. The Labute approximate surface area is 124 Å². The molecule has 2 atom stereocenters. The molecule has 2 nitrogen and oxygen atoms in total. The molecular formula is C15H20Cl2N2. The maximum atomic E-state index is 6.42. The van der Waals surface area contributed by atoms with Crippen LogP contribution in [-0.4, -0.2) is 24.0 Å². The number of likely N-dealkylation sites (tertiary alicyclic amines) is 1. The number of hydrogen-bond donors (Lipinski definition) is 1. The highest BCUT2D eigenvalue weighted by Crippen LogP contribution is 2.46. The van der Waals surface area contributed by atoms with Gasteiger partial charge in [0, 0.05) is 27.7 Å². The molecule has 1 aliphatic heterocycles. The van der Waals surface area contributed by atoms with E-state index in [-0.39, 0.29) is 0 Å². The first kappa shape index (κ1) is 13.7. The van der Waals surface area contributed by atoms with Crippen molar-refractivity contribution in [2.24, 2.45) is 11.7 Å². The summed E-state index contributed by atoms with van der Waals surface area (Å²) in [5, 5.41) is 1.56. The highest BCUT2D eigenvalue weighted by molar-refractivity contribution is 6.36. The average Bonchev–Trinajstić information content (AvgIpc) is 3.23. The normalized spacial score (nSPS) is 28.6. The lowest BCUT2D eigenvalue weighted by Gasteiger charge is -2.42. The monoisotopic (exact) mass is 298 g/mol. The number of benzene rings is 1. The predicted molar refractivity (Wildman–Crippen MR) is 80.7 cm³/mol. The lowest BCUT2D eigenvalue weighted by molar-refractivity contribution is 0.0881. The molecule has 1 aliphatic carbocycles. The summed E-state index contributed by atoms with van der Waals surface area (Å²) < 4.78 is 0. The van der Waals surface area contributed by atoms with Gasteiger partial charge < -0.3 is 5.73 Å². The molecule has 1 heterocycles. The summed E-state index contributed by atoms with van der Waals surface area (Å²) in [5.74, 6) is 0.465. The fourth-order valence-corrected chi connectivity index (χ4v) is 3.98. The van der Waals surface area contributed by atoms with Crippen molar-refractivity contribution in [3.8, 4) is 0 Å². The van der Waals surface area contributed by atoms with E-state index < -0.39 is 0 Å². The van der Waals surface area contributed by atoms with Crippen LogP contribution in [0.2, 0.25) is 10.0 Å². The minimum Gasteiger partial charge on any atom is -0.330 e. The van der Waals surface area contributed by atoms with E-state index in [4.69, 9.17) is 28.9 Å². The van der Waals surface area contributed by atoms with Crippen LogP contribution in [-0.2, 0) is 0 Å². The Kier molecular flexibility index (Phi) is 4.04. The number of rotatable bonds is 3. The molecule has 0 bridgehead atoms. The van der Waals surface area contributed by atoms with Gasteiger partial charge in [0.25, 0.3) is 0 Å². The summed E-state index contributed by atoms with van der Waals surface area (Å²) in [6, 6.07) is 6.81. The molecule has 3 rings (SSSR count). The van der Waals surface area contributed by atoms with Gasteiger partial charge in [0.2, 0.25) is 0 Å². The van der Waals surface area contributed by atoms with Crippen LogP contribution in [0.25, 0.3) is 0 Å². The highest BCUT2D eigenvalue weighted by atomic mass is 35.5. The third-order valence-electron chi connectivity index (χ3n) is 4.41. The van der Waals surface area contributed by atoms with E-state index in [9.17, 15) is 0 Å². The number of piperidine rings is 1. The van der Waals surface area contributed by atoms with E-state index in [0.29, 0.717) is 24.5 Å². The van der Waals surface area contributed by atoms with Gasteiger partial charge in [-0.3, -0.25) is 4.90 Å². The molecule has 1 saturated carbocycles. The van der Waals surface area contributed by atoms with Crippen LogP contribution in [0, 0.1) is 5.92 Å². The smallest absolute Gasteiger partial charge is 0.0468 e. The third-order valence-corrected chi connectivity index (χ3v) is 5.07. The SMILES string of the molecule is NCC1CCCN(C2CC2)C1c1c(Cl)cccc1Cl. The second kappa shape index (κ2) is 5.61. The van der Waals surface area contributed by atoms with Crippen LogP contribution in [0.3, 0.4) is 0 Å². The van der Waals surface area contributed by atoms with Crippen molar-refractivity contribution in [2.75, 3.05) is 13.1 Å². The Morgan fingerprint density at radius 2 is 1.84 bits per heavy atom. The lowest BCUT2D eigenvalue weighted by atomic mass is 9.84. The van der Waals surface area contributed by atoms with E-state index in [1.54, 1.807) is 0 Å². The van der Waals surface area contributed by atoms with Gasteiger partial charge in [-0.2, -0.15) is 0 Å². The minimum absolute atomic E-state index is 0.299. The fourth-order valence-electron chi connectivity index (χ4n) is 3.36. The van der Waals surface area contributed by atoms with E-state index in [0.717, 1.165) is 22.2 Å². The topological polar surface area (TPSA) is 29.3 Å². The zero-order valence-corrected chi connectivity index (χ0v) is 12.5. The van der Waals surface area contributed by atoms with Crippen molar-refractivity contribution in [1.29, 1.82) is 0 Å². The Hall–Kier alpha value is -0.280. The third kappa shape index (κ3) is 2.64. The van der Waals surface area contributed by atoms with Crippen molar-refractivity contribution in [2.45, 2.75) is 37.8 Å². The van der Waals surface area contributed by atoms with Crippen molar-refractivity contribution >= 4 is 23.2 Å². The Balaban J connectivity index is 2.00. The molecule has 2 aliphatic rings. The standard InChI is InChI=1S/C15H20Cl2N2/c16-12-4-1-5-13(17)14(12)15-10(9-18)3-2-8-19(15)11-6-7-11/h1,4-5,10-11,15H,2-3,6-9,18H2. The maximum absolute atomic E-state index is 6.42.